The Morgan fingerprint density at radius 3 is 3.10 bits per heavy atom. The molecule has 1 aliphatic rings. The molecule has 0 bridgehead atoms. The van der Waals surface area contributed by atoms with Gasteiger partial charge in [-0.3, -0.25) is 4.79 Å². The Hall–Kier alpha value is -1.59. The highest BCUT2D eigenvalue weighted by Crippen LogP contribution is 2.20. The Morgan fingerprint density at radius 2 is 2.29 bits per heavy atom. The van der Waals surface area contributed by atoms with E-state index in [0.29, 0.717) is 30.3 Å². The molecule has 21 heavy (non-hydrogen) atoms. The lowest BCUT2D eigenvalue weighted by molar-refractivity contribution is -0.142. The highest BCUT2D eigenvalue weighted by atomic mass is 35.5. The minimum absolute atomic E-state index is 0.0277. The van der Waals surface area contributed by atoms with Crippen LogP contribution in [0.5, 0.6) is 0 Å². The predicted octanol–water partition coefficient (Wildman–Crippen LogP) is 2.22. The second-order valence-electron chi connectivity index (χ2n) is 5.31. The average molecular weight is 309 g/mol. The normalized spacial score (nSPS) is 22.7. The molecule has 2 atom stereocenters. The first-order valence-corrected chi connectivity index (χ1v) is 7.53. The molecule has 0 aliphatic carbocycles. The van der Waals surface area contributed by atoms with Crippen molar-refractivity contribution in [3.8, 4) is 0 Å². The number of benzene rings is 1. The number of halogens is 1. The van der Waals surface area contributed by atoms with Crippen LogP contribution in [0.1, 0.15) is 12.6 Å². The summed E-state index contributed by atoms with van der Waals surface area (Å²) in [6.07, 6.45) is 0.136. The van der Waals surface area contributed by atoms with Crippen LogP contribution in [0.4, 0.5) is 0 Å². The van der Waals surface area contributed by atoms with Crippen molar-refractivity contribution in [2.75, 3.05) is 19.0 Å². The number of ether oxygens (including phenoxy) is 1. The van der Waals surface area contributed by atoms with Crippen LogP contribution in [0.15, 0.2) is 28.8 Å². The third kappa shape index (κ3) is 2.89. The van der Waals surface area contributed by atoms with Crippen molar-refractivity contribution < 1.29 is 14.1 Å². The van der Waals surface area contributed by atoms with Gasteiger partial charge in [-0.2, -0.15) is 0 Å². The highest BCUT2D eigenvalue weighted by molar-refractivity contribution is 6.18. The number of carbonyl (C=O) groups excluding carboxylic acids is 1. The molecular weight excluding hydrogens is 292 g/mol. The van der Waals surface area contributed by atoms with E-state index in [-0.39, 0.29) is 24.5 Å². The van der Waals surface area contributed by atoms with Crippen LogP contribution in [0.3, 0.4) is 0 Å². The Labute approximate surface area is 127 Å². The molecule has 0 saturated carbocycles. The van der Waals surface area contributed by atoms with Gasteiger partial charge in [-0.25, -0.2) is 0 Å². The van der Waals surface area contributed by atoms with E-state index in [1.807, 2.05) is 36.1 Å². The summed E-state index contributed by atoms with van der Waals surface area (Å²) in [6.45, 7) is 3.02. The molecule has 1 amide bonds. The van der Waals surface area contributed by atoms with Crippen molar-refractivity contribution in [3.63, 3.8) is 0 Å². The maximum atomic E-state index is 12.5. The fourth-order valence-corrected chi connectivity index (χ4v) is 2.76. The van der Waals surface area contributed by atoms with Crippen molar-refractivity contribution >= 4 is 28.5 Å². The van der Waals surface area contributed by atoms with Gasteiger partial charge in [0.15, 0.2) is 5.58 Å². The van der Waals surface area contributed by atoms with Gasteiger partial charge in [0.2, 0.25) is 5.91 Å². The molecule has 1 aliphatic heterocycles. The van der Waals surface area contributed by atoms with Gasteiger partial charge >= 0.3 is 0 Å². The van der Waals surface area contributed by atoms with E-state index in [2.05, 4.69) is 5.16 Å². The van der Waals surface area contributed by atoms with Gasteiger partial charge in [-0.1, -0.05) is 17.3 Å². The van der Waals surface area contributed by atoms with Crippen LogP contribution in [0.2, 0.25) is 0 Å². The number of carbonyl (C=O) groups is 1. The Bertz CT molecular complexity index is 643. The predicted molar refractivity (Wildman–Crippen MR) is 79.3 cm³/mol. The number of hydrogen-bond acceptors (Lipinski definition) is 4. The fraction of sp³-hybridized carbons (Fsp3) is 0.467. The Kier molecular flexibility index (Phi) is 4.12. The standard InChI is InChI=1S/C15H17ClN2O3/c1-10-9-20-11(7-16)8-18(10)15(19)6-13-12-4-2-3-5-14(12)21-17-13/h2-5,10-11H,6-9H2,1H3. The summed E-state index contributed by atoms with van der Waals surface area (Å²) in [5.41, 5.74) is 1.38. The number of morpholine rings is 1. The first-order chi connectivity index (χ1) is 10.2. The SMILES string of the molecule is CC1COC(CCl)CN1C(=O)Cc1noc2ccccc12. The van der Waals surface area contributed by atoms with E-state index >= 15 is 0 Å². The summed E-state index contributed by atoms with van der Waals surface area (Å²) in [5.74, 6) is 0.420. The lowest BCUT2D eigenvalue weighted by Crippen LogP contribution is -2.52. The molecule has 6 heteroatoms. The van der Waals surface area contributed by atoms with E-state index in [9.17, 15) is 4.79 Å². The smallest absolute Gasteiger partial charge is 0.229 e. The zero-order valence-electron chi connectivity index (χ0n) is 11.8. The summed E-state index contributed by atoms with van der Waals surface area (Å²) in [5, 5.41) is 4.90. The van der Waals surface area contributed by atoms with E-state index in [4.69, 9.17) is 20.9 Å². The lowest BCUT2D eigenvalue weighted by atomic mass is 10.1. The monoisotopic (exact) mass is 308 g/mol. The summed E-state index contributed by atoms with van der Waals surface area (Å²) in [4.78, 5) is 14.3. The zero-order valence-corrected chi connectivity index (χ0v) is 12.5. The molecule has 0 spiro atoms. The number of fused-ring (bicyclic) bond motifs is 1. The summed E-state index contributed by atoms with van der Waals surface area (Å²) >= 11 is 5.83. The molecule has 112 valence electrons. The highest BCUT2D eigenvalue weighted by Gasteiger charge is 2.29. The van der Waals surface area contributed by atoms with Crippen molar-refractivity contribution in [3.05, 3.63) is 30.0 Å². The maximum Gasteiger partial charge on any atom is 0.229 e. The number of rotatable bonds is 3. The molecule has 1 aromatic heterocycles. The lowest BCUT2D eigenvalue weighted by Gasteiger charge is -2.37. The van der Waals surface area contributed by atoms with E-state index in [1.54, 1.807) is 0 Å². The molecule has 1 saturated heterocycles. The molecule has 2 heterocycles. The van der Waals surface area contributed by atoms with Gasteiger partial charge in [-0.15, -0.1) is 11.6 Å². The van der Waals surface area contributed by atoms with E-state index < -0.39 is 0 Å². The largest absolute Gasteiger partial charge is 0.373 e. The van der Waals surface area contributed by atoms with Gasteiger partial charge in [-0.05, 0) is 19.1 Å². The Balaban J connectivity index is 1.76. The van der Waals surface area contributed by atoms with Gasteiger partial charge in [0.25, 0.3) is 0 Å². The molecule has 2 aromatic rings. The molecule has 1 aromatic carbocycles. The molecule has 1 fully saturated rings. The van der Waals surface area contributed by atoms with E-state index in [1.165, 1.54) is 0 Å². The van der Waals surface area contributed by atoms with Crippen LogP contribution >= 0.6 is 11.6 Å². The van der Waals surface area contributed by atoms with Gasteiger partial charge < -0.3 is 14.2 Å². The number of aromatic nitrogens is 1. The summed E-state index contributed by atoms with van der Waals surface area (Å²) < 4.78 is 10.8. The third-order valence-electron chi connectivity index (χ3n) is 3.77. The minimum Gasteiger partial charge on any atom is -0.373 e. The Morgan fingerprint density at radius 1 is 1.48 bits per heavy atom. The fourth-order valence-electron chi connectivity index (χ4n) is 2.57. The van der Waals surface area contributed by atoms with Crippen molar-refractivity contribution in [1.82, 2.24) is 10.1 Å². The van der Waals surface area contributed by atoms with Crippen molar-refractivity contribution in [2.45, 2.75) is 25.5 Å². The molecule has 0 N–H and O–H groups in total. The number of amides is 1. The number of para-hydroxylation sites is 1. The van der Waals surface area contributed by atoms with E-state index in [0.717, 1.165) is 5.39 Å². The number of alkyl halides is 1. The first kappa shape index (κ1) is 14.4. The number of nitrogens with zero attached hydrogens (tertiary/aromatic N) is 2. The van der Waals surface area contributed by atoms with Crippen molar-refractivity contribution in [2.24, 2.45) is 0 Å². The molecule has 0 radical (unpaired) electrons. The summed E-state index contributed by atoms with van der Waals surface area (Å²) in [7, 11) is 0. The van der Waals surface area contributed by atoms with Crippen LogP contribution in [0.25, 0.3) is 11.0 Å². The van der Waals surface area contributed by atoms with Crippen LogP contribution in [0, 0.1) is 0 Å². The summed E-state index contributed by atoms with van der Waals surface area (Å²) in [6, 6.07) is 7.61. The maximum absolute atomic E-state index is 12.5. The molecule has 3 rings (SSSR count). The number of hydrogen-bond donors (Lipinski definition) is 0. The van der Waals surface area contributed by atoms with Crippen LogP contribution in [-0.2, 0) is 16.0 Å². The van der Waals surface area contributed by atoms with Gasteiger partial charge in [0, 0.05) is 11.9 Å². The van der Waals surface area contributed by atoms with Crippen LogP contribution in [-0.4, -0.2) is 47.1 Å². The second kappa shape index (κ2) is 6.03. The first-order valence-electron chi connectivity index (χ1n) is 6.99. The zero-order chi connectivity index (χ0) is 14.8. The molecular formula is C15H17ClN2O3. The third-order valence-corrected chi connectivity index (χ3v) is 4.11. The quantitative estimate of drug-likeness (QED) is 0.816. The van der Waals surface area contributed by atoms with Gasteiger partial charge in [0.05, 0.1) is 31.1 Å². The minimum atomic E-state index is -0.0964. The van der Waals surface area contributed by atoms with Crippen molar-refractivity contribution in [1.29, 1.82) is 0 Å². The van der Waals surface area contributed by atoms with Crippen LogP contribution < -0.4 is 0 Å². The molecule has 5 nitrogen and oxygen atoms in total. The average Bonchev–Trinajstić information content (AvgIpc) is 2.91. The topological polar surface area (TPSA) is 55.6 Å². The second-order valence-corrected chi connectivity index (χ2v) is 5.62. The molecule has 2 unspecified atom stereocenters. The van der Waals surface area contributed by atoms with Gasteiger partial charge in [0.1, 0.15) is 5.69 Å².